The molecule has 2 aromatic rings. The Balaban J connectivity index is 1.55. The van der Waals surface area contributed by atoms with E-state index in [-0.39, 0.29) is 6.04 Å². The number of rotatable bonds is 5. The number of aromatic nitrogens is 2. The van der Waals surface area contributed by atoms with E-state index in [0.29, 0.717) is 23.3 Å². The predicted molar refractivity (Wildman–Crippen MR) is 91.0 cm³/mol. The molecule has 0 spiro atoms. The summed E-state index contributed by atoms with van der Waals surface area (Å²) < 4.78 is 30.9. The van der Waals surface area contributed by atoms with Crippen LogP contribution in [-0.4, -0.2) is 48.9 Å². The average molecular weight is 371 g/mol. The molecule has 1 fully saturated rings. The number of piperidine rings is 1. The van der Waals surface area contributed by atoms with Gasteiger partial charge in [0.25, 0.3) is 0 Å². The average Bonchev–Trinajstić information content (AvgIpc) is 2.97. The smallest absolute Gasteiger partial charge is 0.247 e. The summed E-state index contributed by atoms with van der Waals surface area (Å²) in [5.74, 6) is 1.02. The Morgan fingerprint density at radius 1 is 1.25 bits per heavy atom. The minimum Gasteiger partial charge on any atom is -0.419 e. The van der Waals surface area contributed by atoms with Crippen molar-refractivity contribution in [3.8, 4) is 11.5 Å². The van der Waals surface area contributed by atoms with Crippen molar-refractivity contribution in [2.24, 2.45) is 0 Å². The molecule has 9 heteroatoms. The van der Waals surface area contributed by atoms with Crippen molar-refractivity contribution in [3.05, 3.63) is 35.2 Å². The highest BCUT2D eigenvalue weighted by molar-refractivity contribution is 7.88. The van der Waals surface area contributed by atoms with Crippen LogP contribution in [-0.2, 0) is 16.6 Å². The van der Waals surface area contributed by atoms with E-state index in [1.807, 2.05) is 12.1 Å². The van der Waals surface area contributed by atoms with Crippen LogP contribution in [0.3, 0.4) is 0 Å². The molecule has 1 aliphatic heterocycles. The number of benzene rings is 1. The maximum Gasteiger partial charge on any atom is 0.247 e. The molecule has 3 rings (SSSR count). The molecular formula is C15H19ClN4O3S. The molecule has 1 aromatic heterocycles. The zero-order valence-electron chi connectivity index (χ0n) is 13.3. The molecule has 1 aromatic carbocycles. The monoisotopic (exact) mass is 370 g/mol. The fourth-order valence-electron chi connectivity index (χ4n) is 2.73. The zero-order chi connectivity index (χ0) is 17.2. The molecule has 1 aliphatic rings. The summed E-state index contributed by atoms with van der Waals surface area (Å²) in [4.78, 5) is 2.18. The van der Waals surface area contributed by atoms with Gasteiger partial charge in [0.1, 0.15) is 0 Å². The van der Waals surface area contributed by atoms with Gasteiger partial charge in [0.15, 0.2) is 0 Å². The van der Waals surface area contributed by atoms with E-state index in [1.54, 1.807) is 12.1 Å². The number of nitrogens with zero attached hydrogens (tertiary/aromatic N) is 3. The third-order valence-corrected chi connectivity index (χ3v) is 4.90. The molecule has 0 radical (unpaired) electrons. The van der Waals surface area contributed by atoms with Crippen molar-refractivity contribution in [2.75, 3.05) is 19.3 Å². The first-order valence-electron chi connectivity index (χ1n) is 7.67. The van der Waals surface area contributed by atoms with Crippen LogP contribution in [0.25, 0.3) is 11.5 Å². The molecule has 0 saturated carbocycles. The highest BCUT2D eigenvalue weighted by Crippen LogP contribution is 2.21. The van der Waals surface area contributed by atoms with Gasteiger partial charge in [-0.15, -0.1) is 10.2 Å². The molecule has 0 aliphatic carbocycles. The van der Waals surface area contributed by atoms with Crippen LogP contribution in [0.15, 0.2) is 28.7 Å². The van der Waals surface area contributed by atoms with Crippen LogP contribution >= 0.6 is 11.6 Å². The largest absolute Gasteiger partial charge is 0.419 e. The lowest BCUT2D eigenvalue weighted by molar-refractivity contribution is 0.184. The molecule has 1 saturated heterocycles. The van der Waals surface area contributed by atoms with E-state index in [0.717, 1.165) is 31.5 Å². The van der Waals surface area contributed by atoms with Crippen molar-refractivity contribution in [1.82, 2.24) is 19.8 Å². The van der Waals surface area contributed by atoms with E-state index in [4.69, 9.17) is 16.0 Å². The lowest BCUT2D eigenvalue weighted by Gasteiger charge is -2.30. The van der Waals surface area contributed by atoms with Gasteiger partial charge in [0.05, 0.1) is 12.8 Å². The van der Waals surface area contributed by atoms with E-state index in [2.05, 4.69) is 19.8 Å². The topological polar surface area (TPSA) is 88.3 Å². The van der Waals surface area contributed by atoms with Crippen molar-refractivity contribution in [1.29, 1.82) is 0 Å². The van der Waals surface area contributed by atoms with E-state index in [1.165, 1.54) is 6.26 Å². The molecule has 24 heavy (non-hydrogen) atoms. The Labute approximate surface area is 146 Å². The molecule has 0 bridgehead atoms. The first-order valence-corrected chi connectivity index (χ1v) is 9.94. The molecule has 130 valence electrons. The number of hydrogen-bond donors (Lipinski definition) is 1. The first-order chi connectivity index (χ1) is 11.4. The van der Waals surface area contributed by atoms with E-state index >= 15 is 0 Å². The van der Waals surface area contributed by atoms with Crippen molar-refractivity contribution in [3.63, 3.8) is 0 Å². The fourth-order valence-corrected chi connectivity index (χ4v) is 3.70. The third kappa shape index (κ3) is 4.76. The summed E-state index contributed by atoms with van der Waals surface area (Å²) in [6.07, 6.45) is 2.73. The van der Waals surface area contributed by atoms with Crippen LogP contribution in [0, 0.1) is 0 Å². The lowest BCUT2D eigenvalue weighted by atomic mass is 10.1. The highest BCUT2D eigenvalue weighted by Gasteiger charge is 2.23. The summed E-state index contributed by atoms with van der Waals surface area (Å²) in [5, 5.41) is 8.81. The highest BCUT2D eigenvalue weighted by atomic mass is 35.5. The zero-order valence-corrected chi connectivity index (χ0v) is 14.8. The van der Waals surface area contributed by atoms with Gasteiger partial charge in [-0.2, -0.15) is 0 Å². The summed E-state index contributed by atoms with van der Waals surface area (Å²) >= 11 is 5.87. The number of halogens is 1. The van der Waals surface area contributed by atoms with Gasteiger partial charge in [-0.3, -0.25) is 4.90 Å². The predicted octanol–water partition coefficient (Wildman–Crippen LogP) is 1.90. The minimum atomic E-state index is -3.15. The molecule has 7 nitrogen and oxygen atoms in total. The Kier molecular flexibility index (Phi) is 5.19. The second kappa shape index (κ2) is 7.18. The van der Waals surface area contributed by atoms with Gasteiger partial charge in [-0.05, 0) is 37.1 Å². The summed E-state index contributed by atoms with van der Waals surface area (Å²) in [6, 6.07) is 7.23. The summed E-state index contributed by atoms with van der Waals surface area (Å²) in [5.41, 5.74) is 0.828. The Morgan fingerprint density at radius 2 is 1.92 bits per heavy atom. The van der Waals surface area contributed by atoms with Gasteiger partial charge in [0, 0.05) is 29.7 Å². The molecule has 0 unspecified atom stereocenters. The number of sulfonamides is 1. The normalized spacial score (nSPS) is 17.2. The molecular weight excluding hydrogens is 352 g/mol. The van der Waals surface area contributed by atoms with Crippen molar-refractivity contribution in [2.45, 2.75) is 25.4 Å². The standard InChI is InChI=1S/C15H19ClN4O3S/c1-24(21,22)19-13-6-8-20(9-7-13)10-14-17-18-15(23-14)11-2-4-12(16)5-3-11/h2-5,13,19H,6-10H2,1H3. The fraction of sp³-hybridized carbons (Fsp3) is 0.467. The van der Waals surface area contributed by atoms with E-state index < -0.39 is 10.0 Å². The Morgan fingerprint density at radius 3 is 2.54 bits per heavy atom. The van der Waals surface area contributed by atoms with Gasteiger partial charge < -0.3 is 4.42 Å². The maximum atomic E-state index is 11.3. The van der Waals surface area contributed by atoms with E-state index in [9.17, 15) is 8.42 Å². The molecule has 0 atom stereocenters. The van der Waals surface area contributed by atoms with Crippen LogP contribution in [0.4, 0.5) is 0 Å². The van der Waals surface area contributed by atoms with Gasteiger partial charge >= 0.3 is 0 Å². The SMILES string of the molecule is CS(=O)(=O)NC1CCN(Cc2nnc(-c3ccc(Cl)cc3)o2)CC1. The quantitative estimate of drug-likeness (QED) is 0.864. The van der Waals surface area contributed by atoms with Crippen LogP contribution in [0.1, 0.15) is 18.7 Å². The summed E-state index contributed by atoms with van der Waals surface area (Å²) in [7, 11) is -3.15. The lowest BCUT2D eigenvalue weighted by Crippen LogP contribution is -2.43. The minimum absolute atomic E-state index is 0.00330. The van der Waals surface area contributed by atoms with Crippen molar-refractivity contribution >= 4 is 21.6 Å². The van der Waals surface area contributed by atoms with Gasteiger partial charge in [0.2, 0.25) is 21.8 Å². The van der Waals surface area contributed by atoms with Crippen molar-refractivity contribution < 1.29 is 12.8 Å². The Bertz CT molecular complexity index is 783. The van der Waals surface area contributed by atoms with Gasteiger partial charge in [-0.1, -0.05) is 11.6 Å². The number of likely N-dealkylation sites (tertiary alicyclic amines) is 1. The third-order valence-electron chi connectivity index (χ3n) is 3.89. The molecule has 0 amide bonds. The molecule has 1 N–H and O–H groups in total. The number of nitrogens with one attached hydrogen (secondary N) is 1. The van der Waals surface area contributed by atoms with Crippen LogP contribution in [0.2, 0.25) is 5.02 Å². The first kappa shape index (κ1) is 17.3. The maximum absolute atomic E-state index is 11.3. The summed E-state index contributed by atoms with van der Waals surface area (Å²) in [6.45, 7) is 2.13. The number of hydrogen-bond acceptors (Lipinski definition) is 6. The second-order valence-electron chi connectivity index (χ2n) is 5.95. The van der Waals surface area contributed by atoms with Crippen LogP contribution < -0.4 is 4.72 Å². The second-order valence-corrected chi connectivity index (χ2v) is 8.16. The van der Waals surface area contributed by atoms with Gasteiger partial charge in [-0.25, -0.2) is 13.1 Å². The molecule has 2 heterocycles. The Hall–Kier alpha value is -1.48. The van der Waals surface area contributed by atoms with Crippen LogP contribution in [0.5, 0.6) is 0 Å².